The summed E-state index contributed by atoms with van der Waals surface area (Å²) in [5.41, 5.74) is 1.13. The van der Waals surface area contributed by atoms with E-state index in [2.05, 4.69) is 25.0 Å². The van der Waals surface area contributed by atoms with E-state index in [-0.39, 0.29) is 22.6 Å². The van der Waals surface area contributed by atoms with Gasteiger partial charge in [0.2, 0.25) is 11.1 Å². The maximum absolute atomic E-state index is 12.4. The Balaban J connectivity index is 1.70. The number of methoxy groups -OCH3 is 2. The van der Waals surface area contributed by atoms with Crippen molar-refractivity contribution < 1.29 is 23.9 Å². The molecule has 0 unspecified atom stereocenters. The van der Waals surface area contributed by atoms with Gasteiger partial charge in [0.25, 0.3) is 0 Å². The second-order valence-corrected chi connectivity index (χ2v) is 7.68. The van der Waals surface area contributed by atoms with Gasteiger partial charge in [0.15, 0.2) is 5.82 Å². The van der Waals surface area contributed by atoms with E-state index in [0.717, 1.165) is 17.3 Å². The number of hydrogen-bond acceptors (Lipinski definition) is 9. The molecule has 1 amide bonds. The number of carbonyl (C=O) groups is 3. The number of rotatable bonds is 7. The zero-order valence-electron chi connectivity index (χ0n) is 17.0. The summed E-state index contributed by atoms with van der Waals surface area (Å²) in [6.45, 7) is 0. The number of nitrogen functional groups attached to an aromatic ring is 1. The zero-order valence-corrected chi connectivity index (χ0v) is 18.6. The number of hydrogen-bond donors (Lipinski definition) is 2. The molecule has 3 aromatic rings. The van der Waals surface area contributed by atoms with Crippen LogP contribution in [0.1, 0.15) is 20.7 Å². The number of ether oxygens (including phenoxy) is 2. The van der Waals surface area contributed by atoms with Crippen molar-refractivity contribution in [3.8, 4) is 11.4 Å². The number of aromatic nitrogens is 3. The molecule has 32 heavy (non-hydrogen) atoms. The number of nitrogens with two attached hydrogens (primary N) is 1. The minimum atomic E-state index is -0.661. The number of nitrogens with zero attached hydrogens (tertiary/aromatic N) is 3. The third-order valence-corrected chi connectivity index (χ3v) is 5.35. The standard InChI is InChI=1S/C20H18ClN5O5S/c1-30-18(28)12-7-13(19(29)31-2)9-15(8-12)23-16(27)10-32-20-25-24-17(26(20)22)11-3-5-14(21)6-4-11/h3-9H,10,22H2,1-2H3,(H,23,27). The molecule has 0 bridgehead atoms. The first-order valence-electron chi connectivity index (χ1n) is 9.03. The van der Waals surface area contributed by atoms with E-state index < -0.39 is 17.8 Å². The summed E-state index contributed by atoms with van der Waals surface area (Å²) in [6.07, 6.45) is 0. The third kappa shape index (κ3) is 5.37. The lowest BCUT2D eigenvalue weighted by Crippen LogP contribution is -2.17. The third-order valence-electron chi connectivity index (χ3n) is 4.16. The zero-order chi connectivity index (χ0) is 23.3. The molecule has 0 radical (unpaired) electrons. The molecule has 1 heterocycles. The normalized spacial score (nSPS) is 10.5. The Kier molecular flexibility index (Phi) is 7.33. The van der Waals surface area contributed by atoms with Gasteiger partial charge >= 0.3 is 11.9 Å². The summed E-state index contributed by atoms with van der Waals surface area (Å²) in [5.74, 6) is 4.68. The molecular formula is C20H18ClN5O5S. The fourth-order valence-corrected chi connectivity index (χ4v) is 3.45. The Morgan fingerprint density at radius 3 is 2.19 bits per heavy atom. The Labute approximate surface area is 192 Å². The quantitative estimate of drug-likeness (QED) is 0.300. The van der Waals surface area contributed by atoms with Crippen molar-refractivity contribution in [2.24, 2.45) is 0 Å². The van der Waals surface area contributed by atoms with Crippen molar-refractivity contribution in [3.05, 3.63) is 58.6 Å². The van der Waals surface area contributed by atoms with Gasteiger partial charge in [-0.3, -0.25) is 4.79 Å². The van der Waals surface area contributed by atoms with Gasteiger partial charge in [-0.25, -0.2) is 14.3 Å². The number of esters is 2. The fraction of sp³-hybridized carbons (Fsp3) is 0.150. The highest BCUT2D eigenvalue weighted by Gasteiger charge is 2.17. The molecular weight excluding hydrogens is 458 g/mol. The SMILES string of the molecule is COC(=O)c1cc(NC(=O)CSc2nnc(-c3ccc(Cl)cc3)n2N)cc(C(=O)OC)c1. The van der Waals surface area contributed by atoms with Crippen molar-refractivity contribution in [1.29, 1.82) is 0 Å². The molecule has 0 aliphatic carbocycles. The van der Waals surface area contributed by atoms with Crippen LogP contribution in [0.3, 0.4) is 0 Å². The molecule has 0 aliphatic rings. The maximum Gasteiger partial charge on any atom is 0.337 e. The lowest BCUT2D eigenvalue weighted by Gasteiger charge is -2.09. The maximum atomic E-state index is 12.4. The highest BCUT2D eigenvalue weighted by molar-refractivity contribution is 7.99. The van der Waals surface area contributed by atoms with Gasteiger partial charge in [0.1, 0.15) is 0 Å². The minimum Gasteiger partial charge on any atom is -0.465 e. The van der Waals surface area contributed by atoms with E-state index in [0.29, 0.717) is 16.0 Å². The van der Waals surface area contributed by atoms with E-state index in [4.69, 9.17) is 17.4 Å². The van der Waals surface area contributed by atoms with Gasteiger partial charge in [-0.15, -0.1) is 10.2 Å². The molecule has 10 nitrogen and oxygen atoms in total. The topological polar surface area (TPSA) is 138 Å². The largest absolute Gasteiger partial charge is 0.465 e. The van der Waals surface area contributed by atoms with Crippen molar-refractivity contribution in [2.45, 2.75) is 5.16 Å². The summed E-state index contributed by atoms with van der Waals surface area (Å²) in [7, 11) is 2.42. The van der Waals surface area contributed by atoms with Gasteiger partial charge < -0.3 is 20.6 Å². The van der Waals surface area contributed by atoms with Crippen LogP contribution in [0, 0.1) is 0 Å². The predicted molar refractivity (Wildman–Crippen MR) is 119 cm³/mol. The van der Waals surface area contributed by atoms with Crippen LogP contribution in [0.5, 0.6) is 0 Å². The molecule has 0 atom stereocenters. The average molecular weight is 476 g/mol. The lowest BCUT2D eigenvalue weighted by molar-refractivity contribution is -0.113. The van der Waals surface area contributed by atoms with Crippen molar-refractivity contribution >= 4 is 46.9 Å². The van der Waals surface area contributed by atoms with Crippen LogP contribution in [0.4, 0.5) is 5.69 Å². The first kappa shape index (κ1) is 23.1. The van der Waals surface area contributed by atoms with Gasteiger partial charge in [-0.1, -0.05) is 23.4 Å². The van der Waals surface area contributed by atoms with Gasteiger partial charge in [-0.05, 0) is 42.5 Å². The highest BCUT2D eigenvalue weighted by Crippen LogP contribution is 2.23. The molecule has 166 valence electrons. The summed E-state index contributed by atoms with van der Waals surface area (Å²) in [4.78, 5) is 36.2. The molecule has 0 saturated carbocycles. The number of thioether (sulfide) groups is 1. The van der Waals surface area contributed by atoms with Crippen LogP contribution in [0.25, 0.3) is 11.4 Å². The number of carbonyl (C=O) groups excluding carboxylic acids is 3. The summed E-state index contributed by atoms with van der Waals surface area (Å²) in [5, 5.41) is 11.6. The Bertz CT molecular complexity index is 1130. The summed E-state index contributed by atoms with van der Waals surface area (Å²) >= 11 is 6.96. The smallest absolute Gasteiger partial charge is 0.337 e. The predicted octanol–water partition coefficient (Wildman–Crippen LogP) is 2.62. The van der Waals surface area contributed by atoms with Crippen molar-refractivity contribution in [2.75, 3.05) is 31.1 Å². The second-order valence-electron chi connectivity index (χ2n) is 6.30. The number of amides is 1. The van der Waals surface area contributed by atoms with Gasteiger partial charge in [-0.2, -0.15) is 0 Å². The molecule has 3 rings (SSSR count). The first-order valence-corrected chi connectivity index (χ1v) is 10.4. The second kappa shape index (κ2) is 10.2. The number of nitrogens with one attached hydrogen (secondary N) is 1. The summed E-state index contributed by atoms with van der Waals surface area (Å²) in [6, 6.07) is 11.0. The van der Waals surface area contributed by atoms with Crippen LogP contribution in [0.15, 0.2) is 47.6 Å². The number of halogens is 1. The first-order chi connectivity index (χ1) is 15.3. The van der Waals surface area contributed by atoms with E-state index >= 15 is 0 Å². The van der Waals surface area contributed by atoms with E-state index in [1.165, 1.54) is 37.1 Å². The molecule has 0 fully saturated rings. The molecule has 0 spiro atoms. The van der Waals surface area contributed by atoms with Gasteiger partial charge in [0.05, 0.1) is 31.1 Å². The summed E-state index contributed by atoms with van der Waals surface area (Å²) < 4.78 is 10.6. The molecule has 3 N–H and O–H groups in total. The molecule has 1 aromatic heterocycles. The Hall–Kier alpha value is -3.57. The molecule has 12 heteroatoms. The number of anilines is 1. The van der Waals surface area contributed by atoms with Crippen LogP contribution < -0.4 is 11.2 Å². The van der Waals surface area contributed by atoms with Crippen LogP contribution in [-0.2, 0) is 14.3 Å². The Morgan fingerprint density at radius 1 is 1.03 bits per heavy atom. The molecule has 2 aromatic carbocycles. The van der Waals surface area contributed by atoms with E-state index in [1.807, 2.05) is 0 Å². The average Bonchev–Trinajstić information content (AvgIpc) is 3.17. The van der Waals surface area contributed by atoms with E-state index in [9.17, 15) is 14.4 Å². The lowest BCUT2D eigenvalue weighted by atomic mass is 10.1. The van der Waals surface area contributed by atoms with Crippen molar-refractivity contribution in [3.63, 3.8) is 0 Å². The molecule has 0 saturated heterocycles. The van der Waals surface area contributed by atoms with E-state index in [1.54, 1.807) is 24.3 Å². The van der Waals surface area contributed by atoms with Crippen LogP contribution >= 0.6 is 23.4 Å². The minimum absolute atomic E-state index is 0.0496. The van der Waals surface area contributed by atoms with Gasteiger partial charge in [0, 0.05) is 16.3 Å². The van der Waals surface area contributed by atoms with Crippen LogP contribution in [-0.4, -0.2) is 52.7 Å². The van der Waals surface area contributed by atoms with Crippen molar-refractivity contribution in [1.82, 2.24) is 14.9 Å². The molecule has 0 aliphatic heterocycles. The highest BCUT2D eigenvalue weighted by atomic mass is 35.5. The number of benzene rings is 2. The fourth-order valence-electron chi connectivity index (χ4n) is 2.67. The monoisotopic (exact) mass is 475 g/mol. The Morgan fingerprint density at radius 2 is 1.62 bits per heavy atom. The van der Waals surface area contributed by atoms with Crippen LogP contribution in [0.2, 0.25) is 5.02 Å².